The molecule has 3 N–H and O–H groups in total. The molecular weight excluding hydrogens is 561 g/mol. The van der Waals surface area contributed by atoms with E-state index in [9.17, 15) is 14.0 Å². The number of hydrogen-bond donors (Lipinski definition) is 3. The standard InChI is InChI=1S/C34H34FN5O2S/c1-21-12-22(2)14-28(13-21)37-34(43)38-29-16-25(33(42)36-17-23-6-9-27(35)10-7-23)8-11-31(29)39-18-24-15-26(20-39)30-4-3-5-32(41)40(30)19-24/h3-14,16,24,26H,15,17-20H2,1-2H3,(H,36,42)(H2,37,38,43)/t24-,26+/m1/s1. The molecule has 0 unspecified atom stereocenters. The van der Waals surface area contributed by atoms with Gasteiger partial charge in [0, 0.05) is 55.1 Å². The highest BCUT2D eigenvalue weighted by Gasteiger charge is 2.35. The van der Waals surface area contributed by atoms with Crippen LogP contribution in [0.15, 0.2) is 83.7 Å². The van der Waals surface area contributed by atoms with Crippen molar-refractivity contribution in [3.05, 3.63) is 123 Å². The minimum absolute atomic E-state index is 0.0572. The van der Waals surface area contributed by atoms with Gasteiger partial charge in [0.15, 0.2) is 5.11 Å². The second-order valence-electron chi connectivity index (χ2n) is 11.6. The summed E-state index contributed by atoms with van der Waals surface area (Å²) in [7, 11) is 0. The number of nitrogens with one attached hydrogen (secondary N) is 3. The maximum Gasteiger partial charge on any atom is 0.251 e. The van der Waals surface area contributed by atoms with Crippen molar-refractivity contribution in [2.75, 3.05) is 28.6 Å². The summed E-state index contributed by atoms with van der Waals surface area (Å²) in [5.74, 6) is 0.00613. The number of fused-ring (bicyclic) bond motifs is 4. The van der Waals surface area contributed by atoms with Crippen LogP contribution in [-0.4, -0.2) is 28.7 Å². The number of amides is 1. The second kappa shape index (κ2) is 12.0. The zero-order valence-electron chi connectivity index (χ0n) is 24.2. The van der Waals surface area contributed by atoms with Gasteiger partial charge in [0.05, 0.1) is 11.4 Å². The van der Waals surface area contributed by atoms with Crippen molar-refractivity contribution in [2.24, 2.45) is 5.92 Å². The maximum atomic E-state index is 13.3. The van der Waals surface area contributed by atoms with E-state index in [1.807, 2.05) is 54.8 Å². The smallest absolute Gasteiger partial charge is 0.251 e. The number of rotatable bonds is 6. The van der Waals surface area contributed by atoms with Crippen molar-refractivity contribution in [1.29, 1.82) is 0 Å². The number of nitrogens with zero attached hydrogens (tertiary/aromatic N) is 2. The number of carbonyl (C=O) groups excluding carboxylic acids is 1. The Bertz CT molecular complexity index is 1730. The average Bonchev–Trinajstić information content (AvgIpc) is 2.96. The lowest BCUT2D eigenvalue weighted by molar-refractivity contribution is 0.0951. The Morgan fingerprint density at radius 2 is 1.70 bits per heavy atom. The summed E-state index contributed by atoms with van der Waals surface area (Å²) in [6.45, 7) is 6.60. The molecule has 3 aromatic carbocycles. The van der Waals surface area contributed by atoms with E-state index in [0.29, 0.717) is 23.1 Å². The van der Waals surface area contributed by atoms with Crippen LogP contribution in [0.25, 0.3) is 0 Å². The van der Waals surface area contributed by atoms with Gasteiger partial charge in [0.25, 0.3) is 11.5 Å². The second-order valence-corrected chi connectivity index (χ2v) is 12.0. The lowest BCUT2D eigenvalue weighted by Gasteiger charge is -2.44. The summed E-state index contributed by atoms with van der Waals surface area (Å²) in [5, 5.41) is 10.0. The number of anilines is 3. The van der Waals surface area contributed by atoms with Crippen molar-refractivity contribution in [3.63, 3.8) is 0 Å². The minimum Gasteiger partial charge on any atom is -0.369 e. The number of aromatic nitrogens is 1. The van der Waals surface area contributed by atoms with Crippen LogP contribution in [0.4, 0.5) is 21.5 Å². The van der Waals surface area contributed by atoms with Gasteiger partial charge < -0.3 is 25.4 Å². The molecule has 220 valence electrons. The minimum atomic E-state index is -0.316. The molecule has 43 heavy (non-hydrogen) atoms. The van der Waals surface area contributed by atoms with Crippen molar-refractivity contribution in [3.8, 4) is 0 Å². The Morgan fingerprint density at radius 3 is 2.47 bits per heavy atom. The van der Waals surface area contributed by atoms with Crippen LogP contribution in [0.5, 0.6) is 0 Å². The fraction of sp³-hybridized carbons (Fsp3) is 0.265. The van der Waals surface area contributed by atoms with Gasteiger partial charge in [0.2, 0.25) is 0 Å². The van der Waals surface area contributed by atoms with Gasteiger partial charge in [-0.3, -0.25) is 9.59 Å². The Labute approximate surface area is 255 Å². The molecule has 9 heteroatoms. The molecule has 3 heterocycles. The van der Waals surface area contributed by atoms with Gasteiger partial charge in [-0.05, 0) is 104 Å². The molecule has 2 aliphatic rings. The van der Waals surface area contributed by atoms with Crippen LogP contribution < -0.4 is 26.4 Å². The normalized spacial score (nSPS) is 17.1. The maximum absolute atomic E-state index is 13.3. The molecule has 7 nitrogen and oxygen atoms in total. The van der Waals surface area contributed by atoms with Crippen LogP contribution in [0, 0.1) is 25.6 Å². The quantitative estimate of drug-likeness (QED) is 0.239. The van der Waals surface area contributed by atoms with Crippen molar-refractivity contribution in [2.45, 2.75) is 39.3 Å². The van der Waals surface area contributed by atoms with Crippen molar-refractivity contribution >= 4 is 40.3 Å². The first-order valence-electron chi connectivity index (χ1n) is 14.5. The van der Waals surface area contributed by atoms with E-state index in [2.05, 4.69) is 33.0 Å². The van der Waals surface area contributed by atoms with Crippen LogP contribution in [0.2, 0.25) is 0 Å². The van der Waals surface area contributed by atoms with E-state index in [4.69, 9.17) is 12.2 Å². The lowest BCUT2D eigenvalue weighted by atomic mass is 9.83. The molecule has 0 saturated carbocycles. The van der Waals surface area contributed by atoms with Crippen LogP contribution in [0.3, 0.4) is 0 Å². The summed E-state index contributed by atoms with van der Waals surface area (Å²) in [5.41, 5.74) is 7.24. The van der Waals surface area contributed by atoms with Crippen LogP contribution >= 0.6 is 12.2 Å². The summed E-state index contributed by atoms with van der Waals surface area (Å²) in [6.07, 6.45) is 1.04. The third kappa shape index (κ3) is 6.46. The third-order valence-corrected chi connectivity index (χ3v) is 8.38. The first-order valence-corrected chi connectivity index (χ1v) is 14.9. The SMILES string of the molecule is Cc1cc(C)cc(NC(=S)Nc2cc(C(=O)NCc3ccc(F)cc3)ccc2N2C[C@H]3C[C@@H](C2)c2cccc(=O)n2C3)c1. The fourth-order valence-corrected chi connectivity index (χ4v) is 6.59. The summed E-state index contributed by atoms with van der Waals surface area (Å²) in [4.78, 5) is 28.1. The molecule has 2 bridgehead atoms. The molecule has 2 aliphatic heterocycles. The monoisotopic (exact) mass is 595 g/mol. The first kappa shape index (κ1) is 28.6. The van der Waals surface area contributed by atoms with E-state index in [0.717, 1.165) is 59.0 Å². The number of aryl methyl sites for hydroxylation is 2. The van der Waals surface area contributed by atoms with E-state index in [1.54, 1.807) is 18.2 Å². The van der Waals surface area contributed by atoms with Crippen molar-refractivity contribution in [1.82, 2.24) is 9.88 Å². The predicted octanol–water partition coefficient (Wildman–Crippen LogP) is 5.97. The van der Waals surface area contributed by atoms with E-state index in [1.165, 1.54) is 12.1 Å². The molecule has 2 atom stereocenters. The summed E-state index contributed by atoms with van der Waals surface area (Å²) >= 11 is 5.74. The molecule has 1 aromatic heterocycles. The van der Waals surface area contributed by atoms with Gasteiger partial charge in [0.1, 0.15) is 5.82 Å². The van der Waals surface area contributed by atoms with Crippen LogP contribution in [0.1, 0.15) is 45.1 Å². The number of halogens is 1. The molecular formula is C34H34FN5O2S. The highest BCUT2D eigenvalue weighted by Crippen LogP contribution is 2.39. The van der Waals surface area contributed by atoms with E-state index < -0.39 is 0 Å². The van der Waals surface area contributed by atoms with Crippen LogP contribution in [-0.2, 0) is 13.1 Å². The zero-order valence-corrected chi connectivity index (χ0v) is 25.0. The highest BCUT2D eigenvalue weighted by atomic mass is 32.1. The van der Waals surface area contributed by atoms with Gasteiger partial charge in [-0.15, -0.1) is 0 Å². The fourth-order valence-electron chi connectivity index (χ4n) is 6.36. The number of benzene rings is 3. The van der Waals surface area contributed by atoms with Gasteiger partial charge >= 0.3 is 0 Å². The topological polar surface area (TPSA) is 78.4 Å². The number of thiocarbonyl (C=S) groups is 1. The summed E-state index contributed by atoms with van der Waals surface area (Å²) in [6, 6.07) is 23.4. The first-order chi connectivity index (χ1) is 20.7. The number of carbonyl (C=O) groups is 1. The number of piperidine rings is 1. The summed E-state index contributed by atoms with van der Waals surface area (Å²) < 4.78 is 15.2. The van der Waals surface area contributed by atoms with Gasteiger partial charge in [-0.25, -0.2) is 4.39 Å². The molecule has 0 aliphatic carbocycles. The predicted molar refractivity (Wildman–Crippen MR) is 174 cm³/mol. The van der Waals surface area contributed by atoms with Gasteiger partial charge in [-0.2, -0.15) is 0 Å². The molecule has 1 saturated heterocycles. The lowest BCUT2D eigenvalue weighted by Crippen LogP contribution is -2.47. The number of hydrogen-bond acceptors (Lipinski definition) is 4. The number of pyridine rings is 1. The molecule has 4 aromatic rings. The largest absolute Gasteiger partial charge is 0.369 e. The molecule has 0 radical (unpaired) electrons. The Hall–Kier alpha value is -4.50. The van der Waals surface area contributed by atoms with E-state index in [-0.39, 0.29) is 29.7 Å². The Balaban J connectivity index is 1.27. The average molecular weight is 596 g/mol. The molecule has 1 amide bonds. The van der Waals surface area contributed by atoms with Crippen molar-refractivity contribution < 1.29 is 9.18 Å². The molecule has 1 fully saturated rings. The highest BCUT2D eigenvalue weighted by molar-refractivity contribution is 7.80. The van der Waals surface area contributed by atoms with Gasteiger partial charge in [-0.1, -0.05) is 24.3 Å². The zero-order chi connectivity index (χ0) is 30.1. The Morgan fingerprint density at radius 1 is 0.930 bits per heavy atom. The molecule has 6 rings (SSSR count). The van der Waals surface area contributed by atoms with E-state index >= 15 is 0 Å². The Kier molecular flexibility index (Phi) is 7.99. The molecule has 0 spiro atoms. The third-order valence-electron chi connectivity index (χ3n) is 8.17.